The predicted octanol–water partition coefficient (Wildman–Crippen LogP) is 5.89. The van der Waals surface area contributed by atoms with Crippen LogP contribution in [-0.2, 0) is 6.18 Å². The minimum absolute atomic E-state index is 0.454. The van der Waals surface area contributed by atoms with Crippen molar-refractivity contribution in [3.63, 3.8) is 0 Å². The summed E-state index contributed by atoms with van der Waals surface area (Å²) < 4.78 is 45.5. The lowest BCUT2D eigenvalue weighted by Crippen LogP contribution is -2.40. The lowest BCUT2D eigenvalue weighted by atomic mass is 10.0. The second-order valence-electron chi connectivity index (χ2n) is 8.27. The summed E-state index contributed by atoms with van der Waals surface area (Å²) in [6.07, 6.45) is -0.990. The Morgan fingerprint density at radius 3 is 2.12 bits per heavy atom. The van der Waals surface area contributed by atoms with E-state index >= 15 is 0 Å². The van der Waals surface area contributed by atoms with Gasteiger partial charge >= 0.3 is 6.18 Å². The summed E-state index contributed by atoms with van der Waals surface area (Å²) in [7, 11) is 0. The van der Waals surface area contributed by atoms with Crippen LogP contribution in [-0.4, -0.2) is 4.98 Å². The molecule has 6 heteroatoms. The van der Waals surface area contributed by atoms with Gasteiger partial charge in [-0.25, -0.2) is 0 Å². The summed E-state index contributed by atoms with van der Waals surface area (Å²) in [6.45, 7) is 5.66. The molecule has 164 valence electrons. The number of pyridine rings is 1. The molecule has 0 spiro atoms. The van der Waals surface area contributed by atoms with Gasteiger partial charge in [-0.2, -0.15) is 22.3 Å². The maximum atomic E-state index is 14.0. The Morgan fingerprint density at radius 2 is 1.39 bits per heavy atom. The highest BCUT2D eigenvalue weighted by atomic mass is 19.4. The smallest absolute Gasteiger partial charge is 0.199 e. The fourth-order valence-electron chi connectivity index (χ4n) is 4.37. The van der Waals surface area contributed by atoms with Gasteiger partial charge in [-0.05, 0) is 48.5 Å². The Bertz CT molecular complexity index is 1510. The molecule has 0 fully saturated rings. The molecule has 33 heavy (non-hydrogen) atoms. The molecule has 2 aromatic heterocycles. The van der Waals surface area contributed by atoms with Crippen molar-refractivity contribution in [3.8, 4) is 11.4 Å². The molecule has 5 rings (SSSR count). The molecule has 0 radical (unpaired) electrons. The first kappa shape index (κ1) is 21.1. The van der Waals surface area contributed by atoms with E-state index in [-0.39, 0.29) is 0 Å². The molecule has 0 saturated heterocycles. The zero-order chi connectivity index (χ0) is 23.3. The summed E-state index contributed by atoms with van der Waals surface area (Å²) in [5.41, 5.74) is 3.46. The first-order chi connectivity index (χ1) is 15.7. The lowest BCUT2D eigenvalue weighted by Gasteiger charge is -2.14. The molecule has 0 atom stereocenters. The van der Waals surface area contributed by atoms with Crippen LogP contribution in [0.15, 0.2) is 79.3 Å². The van der Waals surface area contributed by atoms with E-state index in [9.17, 15) is 13.2 Å². The molecule has 0 amide bonds. The Hall–Kier alpha value is -3.80. The van der Waals surface area contributed by atoms with Gasteiger partial charge in [0.15, 0.2) is 17.4 Å². The van der Waals surface area contributed by atoms with Crippen molar-refractivity contribution in [2.75, 3.05) is 0 Å². The van der Waals surface area contributed by atoms with Crippen molar-refractivity contribution in [2.24, 2.45) is 0 Å². The average molecular weight is 445 g/mol. The Kier molecular flexibility index (Phi) is 4.89. The number of fused-ring (bicyclic) bond motifs is 2. The van der Waals surface area contributed by atoms with Gasteiger partial charge in [0.1, 0.15) is 11.4 Å². The van der Waals surface area contributed by atoms with Crippen molar-refractivity contribution in [1.29, 1.82) is 0 Å². The van der Waals surface area contributed by atoms with Gasteiger partial charge in [-0.1, -0.05) is 30.3 Å². The van der Waals surface area contributed by atoms with Crippen LogP contribution < -0.4 is 9.13 Å². The molecule has 3 aromatic carbocycles. The van der Waals surface area contributed by atoms with E-state index in [1.807, 2.05) is 86.1 Å². The van der Waals surface area contributed by atoms with Crippen molar-refractivity contribution in [2.45, 2.75) is 26.9 Å². The Morgan fingerprint density at radius 1 is 0.758 bits per heavy atom. The molecule has 0 unspecified atom stereocenters. The molecule has 2 heterocycles. The van der Waals surface area contributed by atoms with Crippen LogP contribution in [0.5, 0.6) is 0 Å². The van der Waals surface area contributed by atoms with Crippen LogP contribution in [0.3, 0.4) is 0 Å². The number of hydrogen-bond acceptors (Lipinski definition) is 1. The molecule has 0 N–H and O–H groups in total. The van der Waals surface area contributed by atoms with Gasteiger partial charge in [0.25, 0.3) is 6.33 Å². The summed E-state index contributed by atoms with van der Waals surface area (Å²) in [4.78, 5) is 4.49. The Labute approximate surface area is 189 Å². The van der Waals surface area contributed by atoms with E-state index < -0.39 is 11.7 Å². The molecule has 0 aliphatic rings. The monoisotopic (exact) mass is 445 g/mol. The van der Waals surface area contributed by atoms with E-state index in [0.29, 0.717) is 11.4 Å². The average Bonchev–Trinajstić information content (AvgIpc) is 2.79. The van der Waals surface area contributed by atoms with E-state index in [2.05, 4.69) is 4.98 Å². The predicted molar refractivity (Wildman–Crippen MR) is 122 cm³/mol. The largest absolute Gasteiger partial charge is 0.416 e. The number of rotatable bonds is 2. The topological polar surface area (TPSA) is 20.6 Å². The van der Waals surface area contributed by atoms with Gasteiger partial charge in [-0.3, -0.25) is 0 Å². The standard InChI is InChI=1S/C27H22F3N3/c1-17-12-20-8-4-5-9-21(20)15-32(17)25-13-22(27(28,29)30)14-26(18(25)2)33-16-31-24-11-7-6-10-23(24)19(33)3/h4-16H,1-3H3/q+2. The van der Waals surface area contributed by atoms with Gasteiger partial charge in [0.2, 0.25) is 5.69 Å². The normalized spacial score (nSPS) is 11.9. The number of aromatic nitrogens is 3. The van der Waals surface area contributed by atoms with Crippen LogP contribution >= 0.6 is 0 Å². The lowest BCUT2D eigenvalue weighted by molar-refractivity contribution is -0.612. The zero-order valence-corrected chi connectivity index (χ0v) is 18.5. The minimum Gasteiger partial charge on any atom is -0.199 e. The Balaban J connectivity index is 1.82. The van der Waals surface area contributed by atoms with Crippen LogP contribution in [0.2, 0.25) is 0 Å². The van der Waals surface area contributed by atoms with Gasteiger partial charge < -0.3 is 0 Å². The van der Waals surface area contributed by atoms with Crippen molar-refractivity contribution in [3.05, 3.63) is 102 Å². The van der Waals surface area contributed by atoms with Gasteiger partial charge in [-0.15, -0.1) is 0 Å². The van der Waals surface area contributed by atoms with Crippen molar-refractivity contribution in [1.82, 2.24) is 4.98 Å². The first-order valence-corrected chi connectivity index (χ1v) is 10.6. The quantitative estimate of drug-likeness (QED) is 0.311. The van der Waals surface area contributed by atoms with Crippen LogP contribution in [0.25, 0.3) is 33.1 Å². The highest BCUT2D eigenvalue weighted by Gasteiger charge is 2.35. The molecule has 0 bridgehead atoms. The minimum atomic E-state index is -4.48. The molecular weight excluding hydrogens is 423 g/mol. The molecular formula is C27H22F3N3+2. The molecule has 3 nitrogen and oxygen atoms in total. The summed E-state index contributed by atoms with van der Waals surface area (Å²) in [5.74, 6) is 0. The second-order valence-corrected chi connectivity index (χ2v) is 8.27. The van der Waals surface area contributed by atoms with E-state index in [1.165, 1.54) is 12.1 Å². The maximum Gasteiger partial charge on any atom is 0.416 e. The third kappa shape index (κ3) is 3.61. The number of hydrogen-bond donors (Lipinski definition) is 0. The maximum absolute atomic E-state index is 14.0. The molecule has 0 aliphatic heterocycles. The number of para-hydroxylation sites is 1. The van der Waals surface area contributed by atoms with Crippen molar-refractivity contribution < 1.29 is 22.3 Å². The van der Waals surface area contributed by atoms with E-state index in [1.54, 1.807) is 10.9 Å². The fourth-order valence-corrected chi connectivity index (χ4v) is 4.37. The van der Waals surface area contributed by atoms with Crippen LogP contribution in [0, 0.1) is 20.8 Å². The van der Waals surface area contributed by atoms with E-state index in [4.69, 9.17) is 0 Å². The molecule has 5 aromatic rings. The SMILES string of the molecule is Cc1c(-[n+]2cc3ccccc3cc2C)cc(C(F)(F)F)cc1-[n+]1cnc2ccccc2c1C. The van der Waals surface area contributed by atoms with Gasteiger partial charge in [0.05, 0.1) is 16.5 Å². The summed E-state index contributed by atoms with van der Waals surface area (Å²) in [5, 5.41) is 2.89. The third-order valence-electron chi connectivity index (χ3n) is 6.18. The van der Waals surface area contributed by atoms with Crippen LogP contribution in [0.4, 0.5) is 13.2 Å². The number of halogens is 3. The summed E-state index contributed by atoms with van der Waals surface area (Å²) >= 11 is 0. The fraction of sp³-hybridized carbons (Fsp3) is 0.148. The second kappa shape index (κ2) is 7.66. The van der Waals surface area contributed by atoms with Crippen LogP contribution in [0.1, 0.15) is 22.5 Å². The highest BCUT2D eigenvalue weighted by Crippen LogP contribution is 2.33. The van der Waals surface area contributed by atoms with E-state index in [0.717, 1.165) is 38.6 Å². The third-order valence-corrected chi connectivity index (χ3v) is 6.18. The van der Waals surface area contributed by atoms with Gasteiger partial charge in [0, 0.05) is 24.4 Å². The zero-order valence-electron chi connectivity index (χ0n) is 18.5. The molecule has 0 aliphatic carbocycles. The number of benzene rings is 3. The number of nitrogens with zero attached hydrogens (tertiary/aromatic N) is 3. The highest BCUT2D eigenvalue weighted by molar-refractivity contribution is 5.81. The molecule has 0 saturated carbocycles. The number of aryl methyl sites for hydroxylation is 2. The van der Waals surface area contributed by atoms with Crippen molar-refractivity contribution >= 4 is 21.7 Å². The number of alkyl halides is 3. The summed E-state index contributed by atoms with van der Waals surface area (Å²) in [6, 6.07) is 19.9. The first-order valence-electron chi connectivity index (χ1n) is 10.6.